The van der Waals surface area contributed by atoms with Crippen LogP contribution in [-0.2, 0) is 9.53 Å². The number of thiocarbonyl (C=S) groups is 1. The molecule has 0 radical (unpaired) electrons. The van der Waals surface area contributed by atoms with Gasteiger partial charge in [-0.3, -0.25) is 5.87 Å². The van der Waals surface area contributed by atoms with Crippen molar-refractivity contribution in [3.05, 3.63) is 46.4 Å². The molecule has 1 aromatic rings. The maximum absolute atomic E-state index is 12.2. The van der Waals surface area contributed by atoms with Crippen molar-refractivity contribution >= 4 is 29.0 Å². The summed E-state index contributed by atoms with van der Waals surface area (Å²) in [7, 11) is 0. The van der Waals surface area contributed by atoms with Gasteiger partial charge in [0.15, 0.2) is 0 Å². The highest BCUT2D eigenvalue weighted by atomic mass is 32.1. The van der Waals surface area contributed by atoms with Gasteiger partial charge >= 0.3 is 5.97 Å². The summed E-state index contributed by atoms with van der Waals surface area (Å²) in [5.41, 5.74) is 1.21. The average Bonchev–Trinajstić information content (AvgIpc) is 2.91. The minimum Gasteiger partial charge on any atom is -0.763 e. The average molecular weight is 289 g/mol. The Bertz CT molecular complexity index is 625. The molecule has 1 aromatic heterocycles. The Labute approximate surface area is 121 Å². The van der Waals surface area contributed by atoms with Crippen LogP contribution in [0.25, 0.3) is 5.41 Å². The second-order valence-electron chi connectivity index (χ2n) is 4.19. The van der Waals surface area contributed by atoms with Crippen LogP contribution >= 0.6 is 12.2 Å². The van der Waals surface area contributed by atoms with E-state index in [-0.39, 0.29) is 12.2 Å². The molecule has 0 bridgehead atoms. The summed E-state index contributed by atoms with van der Waals surface area (Å²) in [5, 5.41) is 12.2. The number of esters is 1. The summed E-state index contributed by atoms with van der Waals surface area (Å²) >= 11 is 5.16. The number of hydrogen-bond donors (Lipinski definition) is 1. The molecule has 0 spiro atoms. The molecule has 104 valence electrons. The van der Waals surface area contributed by atoms with Crippen molar-refractivity contribution in [2.24, 2.45) is 0 Å². The van der Waals surface area contributed by atoms with Crippen LogP contribution in [0.4, 0.5) is 0 Å². The van der Waals surface area contributed by atoms with Gasteiger partial charge < -0.3 is 19.9 Å². The third kappa shape index (κ3) is 2.43. The van der Waals surface area contributed by atoms with Gasteiger partial charge in [0.2, 0.25) is 0 Å². The van der Waals surface area contributed by atoms with E-state index in [9.17, 15) is 10.2 Å². The molecule has 0 saturated carbocycles. The molecule has 0 saturated heterocycles. The summed E-state index contributed by atoms with van der Waals surface area (Å²) in [4.78, 5) is 12.5. The lowest BCUT2D eigenvalue weighted by Gasteiger charge is -2.28. The molecule has 1 N–H and O–H groups in total. The Morgan fingerprint density at radius 2 is 2.40 bits per heavy atom. The first-order chi connectivity index (χ1) is 9.60. The van der Waals surface area contributed by atoms with Gasteiger partial charge in [-0.05, 0) is 26.0 Å². The Hall–Kier alpha value is -2.17. The van der Waals surface area contributed by atoms with Crippen LogP contribution in [-0.4, -0.2) is 23.4 Å². The van der Waals surface area contributed by atoms with Crippen LogP contribution in [0.3, 0.4) is 0 Å². The fraction of sp³-hybridized carbons (Fsp3) is 0.286. The van der Waals surface area contributed by atoms with Crippen molar-refractivity contribution in [3.8, 4) is 0 Å². The maximum atomic E-state index is 12.2. The molecule has 0 fully saturated rings. The number of nitrogens with zero attached hydrogens (tertiary/aromatic N) is 1. The number of nitrogens with one attached hydrogen (secondary N) is 1. The van der Waals surface area contributed by atoms with E-state index in [4.69, 9.17) is 21.4 Å². The van der Waals surface area contributed by atoms with Crippen molar-refractivity contribution in [2.75, 3.05) is 6.61 Å². The second kappa shape index (κ2) is 5.86. The van der Waals surface area contributed by atoms with Crippen LogP contribution < -0.4 is 5.32 Å². The third-order valence-electron chi connectivity index (χ3n) is 2.97. The Morgan fingerprint density at radius 1 is 1.65 bits per heavy atom. The first-order valence-corrected chi connectivity index (χ1v) is 6.50. The van der Waals surface area contributed by atoms with E-state index in [1.165, 1.54) is 6.26 Å². The smallest absolute Gasteiger partial charge is 0.336 e. The van der Waals surface area contributed by atoms with Crippen molar-refractivity contribution in [1.82, 2.24) is 5.32 Å². The monoisotopic (exact) mass is 289 g/mol. The Morgan fingerprint density at radius 3 is 2.95 bits per heavy atom. The molecular formula is C14H13N2O3S-. The first-order valence-electron chi connectivity index (χ1n) is 6.09. The number of allylic oxidation sites excluding steroid dienone is 1. The maximum Gasteiger partial charge on any atom is 0.336 e. The van der Waals surface area contributed by atoms with E-state index in [0.717, 1.165) is 0 Å². The number of ether oxygens (including phenoxy) is 1. The van der Waals surface area contributed by atoms with Gasteiger partial charge in [-0.25, -0.2) is 4.79 Å². The second-order valence-corrected chi connectivity index (χ2v) is 4.60. The number of carbonyl (C=O) groups is 1. The lowest BCUT2D eigenvalue weighted by Crippen LogP contribution is -2.35. The molecule has 1 aliphatic heterocycles. The zero-order valence-corrected chi connectivity index (χ0v) is 11.9. The van der Waals surface area contributed by atoms with Crippen LogP contribution in [0.2, 0.25) is 0 Å². The van der Waals surface area contributed by atoms with Crippen LogP contribution in [0, 0.1) is 0 Å². The van der Waals surface area contributed by atoms with Gasteiger partial charge in [-0.2, -0.15) is 0 Å². The molecule has 2 rings (SSSR count). The minimum absolute atomic E-state index is 0.257. The number of rotatable bonds is 3. The summed E-state index contributed by atoms with van der Waals surface area (Å²) in [5.74, 6) is 1.44. The molecule has 0 aromatic carbocycles. The Balaban J connectivity index is 2.59. The highest BCUT2D eigenvalue weighted by molar-refractivity contribution is 7.80. The first kappa shape index (κ1) is 14.2. The van der Waals surface area contributed by atoms with E-state index < -0.39 is 11.9 Å². The van der Waals surface area contributed by atoms with Gasteiger partial charge in [0, 0.05) is 11.3 Å². The molecular weight excluding hydrogens is 276 g/mol. The molecule has 2 heterocycles. The SMILES string of the molecule is CCOC(=O)C1=C(C)NC(=S)C(=C=[N-])C1c1ccco1. The molecule has 5 nitrogen and oxygen atoms in total. The fourth-order valence-corrected chi connectivity index (χ4v) is 2.45. The van der Waals surface area contributed by atoms with Crippen molar-refractivity contribution in [1.29, 1.82) is 0 Å². The lowest BCUT2D eigenvalue weighted by molar-refractivity contribution is -0.138. The summed E-state index contributed by atoms with van der Waals surface area (Å²) in [6.07, 6.45) is 1.49. The molecule has 20 heavy (non-hydrogen) atoms. The van der Waals surface area contributed by atoms with E-state index >= 15 is 0 Å². The quantitative estimate of drug-likeness (QED) is 0.400. The molecule has 0 amide bonds. The zero-order valence-electron chi connectivity index (χ0n) is 11.1. The summed E-state index contributed by atoms with van der Waals surface area (Å²) in [6.45, 7) is 3.71. The zero-order chi connectivity index (χ0) is 14.7. The normalized spacial score (nSPS) is 18.6. The standard InChI is InChI=1S/C14H13N2O3S/c1-3-18-14(17)11-8(2)16-13(20)9(7-15)12(11)10-5-4-6-19-10/h4-6,12H,3H2,1-2H3,(H,16,20)/q-1. The highest BCUT2D eigenvalue weighted by Crippen LogP contribution is 2.36. The third-order valence-corrected chi connectivity index (χ3v) is 3.29. The van der Waals surface area contributed by atoms with Gasteiger partial charge in [-0.1, -0.05) is 12.2 Å². The molecule has 1 atom stereocenters. The summed E-state index contributed by atoms with van der Waals surface area (Å²) in [6, 6.07) is 3.41. The minimum atomic E-state index is -0.622. The van der Waals surface area contributed by atoms with Crippen molar-refractivity contribution < 1.29 is 13.9 Å². The van der Waals surface area contributed by atoms with Crippen LogP contribution in [0.15, 0.2) is 39.7 Å². The predicted molar refractivity (Wildman–Crippen MR) is 78.4 cm³/mol. The van der Waals surface area contributed by atoms with E-state index in [1.54, 1.807) is 26.0 Å². The van der Waals surface area contributed by atoms with Crippen molar-refractivity contribution in [2.45, 2.75) is 19.8 Å². The number of carbonyl (C=O) groups excluding carboxylic acids is 1. The van der Waals surface area contributed by atoms with Crippen LogP contribution in [0.5, 0.6) is 0 Å². The molecule has 6 heteroatoms. The summed E-state index contributed by atoms with van der Waals surface area (Å²) < 4.78 is 10.4. The van der Waals surface area contributed by atoms with Crippen molar-refractivity contribution in [3.63, 3.8) is 0 Å². The van der Waals surface area contributed by atoms with Crippen LogP contribution in [0.1, 0.15) is 25.5 Å². The largest absolute Gasteiger partial charge is 0.763 e. The number of furan rings is 1. The topological polar surface area (TPSA) is 73.8 Å². The van der Waals surface area contributed by atoms with Gasteiger partial charge in [0.25, 0.3) is 0 Å². The Kier molecular flexibility index (Phi) is 4.17. The van der Waals surface area contributed by atoms with E-state index in [0.29, 0.717) is 22.0 Å². The van der Waals surface area contributed by atoms with E-state index in [2.05, 4.69) is 11.2 Å². The lowest BCUT2D eigenvalue weighted by atomic mass is 9.85. The fourth-order valence-electron chi connectivity index (χ4n) is 2.13. The predicted octanol–water partition coefficient (Wildman–Crippen LogP) is 2.30. The molecule has 1 unspecified atom stereocenters. The highest BCUT2D eigenvalue weighted by Gasteiger charge is 2.36. The van der Waals surface area contributed by atoms with Gasteiger partial charge in [0.1, 0.15) is 10.7 Å². The molecule has 0 aliphatic carbocycles. The van der Waals surface area contributed by atoms with Gasteiger partial charge in [-0.15, -0.1) is 0 Å². The van der Waals surface area contributed by atoms with E-state index in [1.807, 2.05) is 0 Å². The number of hydrogen-bond acceptors (Lipinski definition) is 4. The van der Waals surface area contributed by atoms with Gasteiger partial charge in [0.05, 0.1) is 24.4 Å². The molecule has 1 aliphatic rings.